The number of rotatable bonds is 6. The molecule has 0 saturated carbocycles. The van der Waals surface area contributed by atoms with Crippen molar-refractivity contribution >= 4 is 5.97 Å². The lowest BCUT2D eigenvalue weighted by Gasteiger charge is -2.16. The Hall–Kier alpha value is -2.35. The molecule has 0 radical (unpaired) electrons. The van der Waals surface area contributed by atoms with Crippen molar-refractivity contribution in [2.24, 2.45) is 0 Å². The second-order valence-electron chi connectivity index (χ2n) is 4.65. The van der Waals surface area contributed by atoms with Gasteiger partial charge in [0, 0.05) is 12.4 Å². The summed E-state index contributed by atoms with van der Waals surface area (Å²) in [6.07, 6.45) is -1.90. The molecule has 2 N–H and O–H groups in total. The number of imidazole rings is 1. The highest BCUT2D eigenvalue weighted by atomic mass is 19.4. The summed E-state index contributed by atoms with van der Waals surface area (Å²) in [5.41, 5.74) is 0.518. The van der Waals surface area contributed by atoms with E-state index in [9.17, 15) is 23.1 Å². The van der Waals surface area contributed by atoms with Gasteiger partial charge in [-0.25, -0.2) is 4.98 Å². The number of nitrogens with zero attached hydrogens (tertiary/aromatic N) is 2. The molecule has 2 rings (SSSR count). The fourth-order valence-electron chi connectivity index (χ4n) is 2.03. The van der Waals surface area contributed by atoms with Gasteiger partial charge in [-0.3, -0.25) is 10.1 Å². The second-order valence-corrected chi connectivity index (χ2v) is 4.65. The molecule has 0 unspecified atom stereocenters. The Labute approximate surface area is 124 Å². The van der Waals surface area contributed by atoms with Crippen LogP contribution < -0.4 is 5.32 Å². The lowest BCUT2D eigenvalue weighted by Crippen LogP contribution is -2.30. The van der Waals surface area contributed by atoms with E-state index in [0.717, 1.165) is 4.57 Å². The number of hydrogen-bond donors (Lipinski definition) is 2. The highest BCUT2D eigenvalue weighted by Gasteiger charge is 2.29. The molecule has 0 aliphatic rings. The summed E-state index contributed by atoms with van der Waals surface area (Å²) in [5.74, 6) is -0.986. The summed E-state index contributed by atoms with van der Waals surface area (Å²) in [7, 11) is 0. The van der Waals surface area contributed by atoms with Gasteiger partial charge in [-0.15, -0.1) is 0 Å². The van der Waals surface area contributed by atoms with Gasteiger partial charge in [0.2, 0.25) is 0 Å². The van der Waals surface area contributed by atoms with Crippen LogP contribution >= 0.6 is 0 Å². The molecule has 22 heavy (non-hydrogen) atoms. The number of carboxylic acids is 1. The monoisotopic (exact) mass is 313 g/mol. The van der Waals surface area contributed by atoms with E-state index in [1.807, 2.05) is 0 Å². The minimum atomic E-state index is -4.36. The van der Waals surface area contributed by atoms with Gasteiger partial charge in [-0.05, 0) is 5.56 Å². The molecule has 0 bridgehead atoms. The number of benzene rings is 1. The number of halogens is 3. The average Bonchev–Trinajstić information content (AvgIpc) is 2.85. The zero-order chi connectivity index (χ0) is 16.2. The Balaban J connectivity index is 2.08. The molecule has 0 fully saturated rings. The summed E-state index contributed by atoms with van der Waals surface area (Å²) < 4.78 is 38.2. The van der Waals surface area contributed by atoms with Crippen LogP contribution in [0.25, 0.3) is 0 Å². The number of carbonyl (C=O) groups is 1. The Morgan fingerprint density at radius 3 is 2.59 bits per heavy atom. The van der Waals surface area contributed by atoms with E-state index < -0.39 is 24.7 Å². The van der Waals surface area contributed by atoms with E-state index in [1.54, 1.807) is 30.3 Å². The smallest absolute Gasteiger partial charge is 0.406 e. The SMILES string of the molecule is O=C(O)[C@@H](NCc1nccn1CC(F)(F)F)c1ccccc1. The maximum absolute atomic E-state index is 12.4. The van der Waals surface area contributed by atoms with Crippen LogP contribution in [0.15, 0.2) is 42.7 Å². The first-order chi connectivity index (χ1) is 10.4. The van der Waals surface area contributed by atoms with Crippen LogP contribution in [0.5, 0.6) is 0 Å². The van der Waals surface area contributed by atoms with E-state index in [1.165, 1.54) is 12.4 Å². The van der Waals surface area contributed by atoms with Crippen molar-refractivity contribution in [1.29, 1.82) is 0 Å². The molecule has 0 aliphatic heterocycles. The van der Waals surface area contributed by atoms with Crippen molar-refractivity contribution in [2.45, 2.75) is 25.3 Å². The predicted molar refractivity (Wildman–Crippen MR) is 71.9 cm³/mol. The maximum Gasteiger partial charge on any atom is 0.406 e. The van der Waals surface area contributed by atoms with E-state index in [-0.39, 0.29) is 12.4 Å². The molecule has 8 heteroatoms. The number of alkyl halides is 3. The molecule has 118 valence electrons. The van der Waals surface area contributed by atoms with Crippen LogP contribution in [0.4, 0.5) is 13.2 Å². The van der Waals surface area contributed by atoms with Crippen LogP contribution in [0.2, 0.25) is 0 Å². The lowest BCUT2D eigenvalue weighted by molar-refractivity contribution is -0.142. The lowest BCUT2D eigenvalue weighted by atomic mass is 10.1. The highest BCUT2D eigenvalue weighted by molar-refractivity contribution is 5.75. The third-order valence-electron chi connectivity index (χ3n) is 3.00. The molecule has 0 aliphatic carbocycles. The van der Waals surface area contributed by atoms with Gasteiger partial charge < -0.3 is 9.67 Å². The molecule has 5 nitrogen and oxygen atoms in total. The van der Waals surface area contributed by atoms with Crippen LogP contribution in [0, 0.1) is 0 Å². The molecular weight excluding hydrogens is 299 g/mol. The van der Waals surface area contributed by atoms with Crippen LogP contribution in [0.3, 0.4) is 0 Å². The largest absolute Gasteiger partial charge is 0.480 e. The Bertz CT molecular complexity index is 626. The Morgan fingerprint density at radius 2 is 2.00 bits per heavy atom. The van der Waals surface area contributed by atoms with Crippen molar-refractivity contribution in [1.82, 2.24) is 14.9 Å². The highest BCUT2D eigenvalue weighted by Crippen LogP contribution is 2.19. The summed E-state index contributed by atoms with van der Waals surface area (Å²) in [6.45, 7) is -1.25. The minimum Gasteiger partial charge on any atom is -0.480 e. The molecule has 0 amide bonds. The van der Waals surface area contributed by atoms with E-state index in [0.29, 0.717) is 5.56 Å². The van der Waals surface area contributed by atoms with Crippen molar-refractivity contribution in [3.63, 3.8) is 0 Å². The van der Waals surface area contributed by atoms with Crippen molar-refractivity contribution in [3.8, 4) is 0 Å². The molecule has 1 aromatic heterocycles. The van der Waals surface area contributed by atoms with E-state index >= 15 is 0 Å². The van der Waals surface area contributed by atoms with Crippen LogP contribution in [-0.4, -0.2) is 26.8 Å². The minimum absolute atomic E-state index is 0.0884. The molecule has 0 saturated heterocycles. The topological polar surface area (TPSA) is 67.2 Å². The Kier molecular flexibility index (Phi) is 4.81. The van der Waals surface area contributed by atoms with Crippen molar-refractivity contribution in [2.75, 3.05) is 0 Å². The van der Waals surface area contributed by atoms with Crippen molar-refractivity contribution in [3.05, 3.63) is 54.1 Å². The van der Waals surface area contributed by atoms with E-state index in [4.69, 9.17) is 0 Å². The van der Waals surface area contributed by atoms with Crippen LogP contribution in [-0.2, 0) is 17.9 Å². The second kappa shape index (κ2) is 6.61. The normalized spacial score (nSPS) is 13.0. The van der Waals surface area contributed by atoms with Gasteiger partial charge >= 0.3 is 12.1 Å². The maximum atomic E-state index is 12.4. The Morgan fingerprint density at radius 1 is 1.32 bits per heavy atom. The summed E-state index contributed by atoms with van der Waals surface area (Å²) >= 11 is 0. The first kappa shape index (κ1) is 16.0. The molecule has 2 aromatic rings. The molecule has 0 spiro atoms. The molecule has 1 heterocycles. The van der Waals surface area contributed by atoms with E-state index in [2.05, 4.69) is 10.3 Å². The summed E-state index contributed by atoms with van der Waals surface area (Å²) in [5, 5.41) is 12.0. The van der Waals surface area contributed by atoms with Gasteiger partial charge in [0.25, 0.3) is 0 Å². The van der Waals surface area contributed by atoms with Gasteiger partial charge in [0.15, 0.2) is 0 Å². The molecular formula is C14H14F3N3O2. The number of hydrogen-bond acceptors (Lipinski definition) is 3. The zero-order valence-electron chi connectivity index (χ0n) is 11.4. The van der Waals surface area contributed by atoms with Crippen molar-refractivity contribution < 1.29 is 23.1 Å². The first-order valence-electron chi connectivity index (χ1n) is 6.45. The fraction of sp³-hybridized carbons (Fsp3) is 0.286. The summed E-state index contributed by atoms with van der Waals surface area (Å²) in [4.78, 5) is 15.1. The fourth-order valence-corrected chi connectivity index (χ4v) is 2.03. The van der Waals surface area contributed by atoms with Gasteiger partial charge in [0.1, 0.15) is 18.4 Å². The number of nitrogens with one attached hydrogen (secondary N) is 1. The van der Waals surface area contributed by atoms with Gasteiger partial charge in [-0.2, -0.15) is 13.2 Å². The number of aromatic nitrogens is 2. The average molecular weight is 313 g/mol. The van der Waals surface area contributed by atoms with Gasteiger partial charge in [0.05, 0.1) is 6.54 Å². The standard InChI is InChI=1S/C14H14F3N3O2/c15-14(16,17)9-20-7-6-18-11(20)8-19-12(13(21)22)10-4-2-1-3-5-10/h1-7,12,19H,8-9H2,(H,21,22)/t12-/m0/s1. The third kappa shape index (κ3) is 4.32. The number of aliphatic carboxylic acids is 1. The first-order valence-corrected chi connectivity index (χ1v) is 6.45. The molecule has 1 aromatic carbocycles. The zero-order valence-corrected chi connectivity index (χ0v) is 11.4. The number of carboxylic acid groups (broad SMARTS) is 1. The predicted octanol–water partition coefficient (Wildman–Crippen LogP) is 2.36. The van der Waals surface area contributed by atoms with Gasteiger partial charge in [-0.1, -0.05) is 30.3 Å². The third-order valence-corrected chi connectivity index (χ3v) is 3.00. The quantitative estimate of drug-likeness (QED) is 0.859. The summed E-state index contributed by atoms with van der Waals surface area (Å²) in [6, 6.07) is 7.38. The molecule has 1 atom stereocenters. The van der Waals surface area contributed by atoms with Crippen LogP contribution in [0.1, 0.15) is 17.4 Å².